The quantitative estimate of drug-likeness (QED) is 0.670. The molecule has 0 aromatic carbocycles. The monoisotopic (exact) mass is 185 g/mol. The fourth-order valence-electron chi connectivity index (χ4n) is 0.906. The number of thiazole rings is 1. The summed E-state index contributed by atoms with van der Waals surface area (Å²) in [4.78, 5) is 4.33. The number of nitrogens with zero attached hydrogens (tertiary/aromatic N) is 1. The number of hydrogen-bond acceptors (Lipinski definition) is 4. The molecule has 0 unspecified atom stereocenters. The van der Waals surface area contributed by atoms with Gasteiger partial charge in [-0.05, 0) is 26.4 Å². The van der Waals surface area contributed by atoms with E-state index in [2.05, 4.69) is 15.7 Å². The number of hydrogen-bond donors (Lipinski definition) is 2. The molecule has 68 valence electrons. The van der Waals surface area contributed by atoms with Crippen molar-refractivity contribution in [2.24, 2.45) is 5.73 Å². The fraction of sp³-hybridized carbons (Fsp3) is 0.625. The van der Waals surface area contributed by atoms with Crippen molar-refractivity contribution in [2.45, 2.75) is 19.9 Å². The van der Waals surface area contributed by atoms with Crippen LogP contribution in [-0.2, 0) is 6.54 Å². The van der Waals surface area contributed by atoms with Crippen molar-refractivity contribution in [1.29, 1.82) is 0 Å². The lowest BCUT2D eigenvalue weighted by molar-refractivity contribution is 0.652. The molecule has 0 fully saturated rings. The van der Waals surface area contributed by atoms with Gasteiger partial charge in [0.25, 0.3) is 0 Å². The van der Waals surface area contributed by atoms with Gasteiger partial charge in [-0.1, -0.05) is 0 Å². The lowest BCUT2D eigenvalue weighted by atomic mass is 10.4. The van der Waals surface area contributed by atoms with Crippen molar-refractivity contribution < 1.29 is 0 Å². The van der Waals surface area contributed by atoms with Crippen LogP contribution in [0.5, 0.6) is 0 Å². The zero-order valence-corrected chi connectivity index (χ0v) is 8.16. The maximum Gasteiger partial charge on any atom is 0.107 e. The van der Waals surface area contributed by atoms with Crippen molar-refractivity contribution >= 4 is 11.3 Å². The number of nitrogens with one attached hydrogen (secondary N) is 1. The predicted molar refractivity (Wildman–Crippen MR) is 52.2 cm³/mol. The molecule has 1 rings (SSSR count). The molecule has 1 heterocycles. The normalized spacial score (nSPS) is 10.5. The molecule has 0 aliphatic heterocycles. The molecule has 0 radical (unpaired) electrons. The second-order valence-electron chi connectivity index (χ2n) is 2.70. The Balaban J connectivity index is 2.15. The number of nitrogens with two attached hydrogens (primary N) is 1. The standard InChI is InChI=1S/C8H15N3S/c1-7-6-12-8(11-7)5-10-4-2-3-9/h6,10H,2-5,9H2,1H3. The highest BCUT2D eigenvalue weighted by Gasteiger charge is 1.96. The topological polar surface area (TPSA) is 50.9 Å². The first kappa shape index (κ1) is 9.64. The summed E-state index contributed by atoms with van der Waals surface area (Å²) in [6.45, 7) is 4.62. The average Bonchev–Trinajstić information content (AvgIpc) is 2.45. The number of rotatable bonds is 5. The number of aromatic nitrogens is 1. The molecule has 0 aliphatic rings. The Morgan fingerprint density at radius 1 is 1.67 bits per heavy atom. The third kappa shape index (κ3) is 3.30. The van der Waals surface area contributed by atoms with Crippen LogP contribution in [0.4, 0.5) is 0 Å². The van der Waals surface area contributed by atoms with Crippen LogP contribution in [-0.4, -0.2) is 18.1 Å². The Labute approximate surface area is 77.0 Å². The van der Waals surface area contributed by atoms with Gasteiger partial charge in [0.05, 0.1) is 0 Å². The van der Waals surface area contributed by atoms with Gasteiger partial charge in [0.1, 0.15) is 5.01 Å². The summed E-state index contributed by atoms with van der Waals surface area (Å²) in [6.07, 6.45) is 1.03. The zero-order valence-electron chi connectivity index (χ0n) is 7.34. The van der Waals surface area contributed by atoms with E-state index in [4.69, 9.17) is 5.73 Å². The van der Waals surface area contributed by atoms with Crippen LogP contribution < -0.4 is 11.1 Å². The molecule has 3 nitrogen and oxygen atoms in total. The van der Waals surface area contributed by atoms with E-state index in [-0.39, 0.29) is 0 Å². The second kappa shape index (κ2) is 5.24. The highest BCUT2D eigenvalue weighted by molar-refractivity contribution is 7.09. The third-order valence-corrected chi connectivity index (χ3v) is 2.47. The molecular formula is C8H15N3S. The van der Waals surface area contributed by atoms with Crippen molar-refractivity contribution in [3.8, 4) is 0 Å². The summed E-state index contributed by atoms with van der Waals surface area (Å²) in [6, 6.07) is 0. The molecule has 12 heavy (non-hydrogen) atoms. The second-order valence-corrected chi connectivity index (χ2v) is 3.64. The molecule has 0 atom stereocenters. The Hall–Kier alpha value is -0.450. The third-order valence-electron chi connectivity index (χ3n) is 1.50. The van der Waals surface area contributed by atoms with Crippen LogP contribution in [0.25, 0.3) is 0 Å². The van der Waals surface area contributed by atoms with Crippen LogP contribution >= 0.6 is 11.3 Å². The van der Waals surface area contributed by atoms with Crippen molar-refractivity contribution in [1.82, 2.24) is 10.3 Å². The van der Waals surface area contributed by atoms with Crippen molar-refractivity contribution in [3.05, 3.63) is 16.1 Å². The van der Waals surface area contributed by atoms with E-state index in [0.29, 0.717) is 0 Å². The van der Waals surface area contributed by atoms with E-state index < -0.39 is 0 Å². The largest absolute Gasteiger partial charge is 0.330 e. The summed E-state index contributed by atoms with van der Waals surface area (Å²) < 4.78 is 0. The maximum absolute atomic E-state index is 5.36. The Morgan fingerprint density at radius 3 is 3.08 bits per heavy atom. The van der Waals surface area contributed by atoms with Crippen LogP contribution in [0, 0.1) is 6.92 Å². The highest BCUT2D eigenvalue weighted by Crippen LogP contribution is 2.07. The molecular weight excluding hydrogens is 170 g/mol. The average molecular weight is 185 g/mol. The van der Waals surface area contributed by atoms with Gasteiger partial charge in [0.15, 0.2) is 0 Å². The van der Waals surface area contributed by atoms with Gasteiger partial charge in [0.2, 0.25) is 0 Å². The summed E-state index contributed by atoms with van der Waals surface area (Å²) in [5.41, 5.74) is 6.47. The minimum atomic E-state index is 0.754. The fourth-order valence-corrected chi connectivity index (χ4v) is 1.65. The summed E-state index contributed by atoms with van der Waals surface area (Å²) >= 11 is 1.70. The van der Waals surface area contributed by atoms with Gasteiger partial charge in [-0.3, -0.25) is 0 Å². The smallest absolute Gasteiger partial charge is 0.107 e. The van der Waals surface area contributed by atoms with Crippen LogP contribution in [0.1, 0.15) is 17.1 Å². The van der Waals surface area contributed by atoms with Gasteiger partial charge in [0, 0.05) is 17.6 Å². The van der Waals surface area contributed by atoms with Gasteiger partial charge >= 0.3 is 0 Å². The minimum absolute atomic E-state index is 0.754. The summed E-state index contributed by atoms with van der Waals surface area (Å²) in [5, 5.41) is 6.51. The maximum atomic E-state index is 5.36. The number of aryl methyl sites for hydroxylation is 1. The molecule has 4 heteroatoms. The SMILES string of the molecule is Cc1csc(CNCCCN)n1. The zero-order chi connectivity index (χ0) is 8.81. The first-order valence-electron chi connectivity index (χ1n) is 4.14. The summed E-state index contributed by atoms with van der Waals surface area (Å²) in [7, 11) is 0. The molecule has 0 amide bonds. The van der Waals surface area contributed by atoms with Gasteiger partial charge in [-0.15, -0.1) is 11.3 Å². The van der Waals surface area contributed by atoms with E-state index in [1.807, 2.05) is 6.92 Å². The molecule has 0 bridgehead atoms. The molecule has 0 spiro atoms. The molecule has 1 aromatic heterocycles. The lowest BCUT2D eigenvalue weighted by Gasteiger charge is -1.99. The predicted octanol–water partition coefficient (Wildman–Crippen LogP) is 0.890. The van der Waals surface area contributed by atoms with Crippen molar-refractivity contribution in [3.63, 3.8) is 0 Å². The van der Waals surface area contributed by atoms with Gasteiger partial charge in [-0.25, -0.2) is 4.98 Å². The Kier molecular flexibility index (Phi) is 4.21. The van der Waals surface area contributed by atoms with E-state index in [1.165, 1.54) is 0 Å². The Morgan fingerprint density at radius 2 is 2.50 bits per heavy atom. The van der Waals surface area contributed by atoms with Gasteiger partial charge in [-0.2, -0.15) is 0 Å². The molecule has 0 saturated carbocycles. The van der Waals surface area contributed by atoms with E-state index in [0.717, 1.165) is 36.8 Å². The van der Waals surface area contributed by atoms with Crippen molar-refractivity contribution in [2.75, 3.05) is 13.1 Å². The first-order valence-corrected chi connectivity index (χ1v) is 5.02. The van der Waals surface area contributed by atoms with E-state index in [1.54, 1.807) is 11.3 Å². The molecule has 3 N–H and O–H groups in total. The van der Waals surface area contributed by atoms with Gasteiger partial charge < -0.3 is 11.1 Å². The summed E-state index contributed by atoms with van der Waals surface area (Å²) in [5.74, 6) is 0. The Bertz CT molecular complexity index is 222. The first-order chi connectivity index (χ1) is 5.83. The lowest BCUT2D eigenvalue weighted by Crippen LogP contribution is -2.17. The van der Waals surface area contributed by atoms with Crippen LogP contribution in [0.2, 0.25) is 0 Å². The molecule has 0 aliphatic carbocycles. The van der Waals surface area contributed by atoms with E-state index >= 15 is 0 Å². The van der Waals surface area contributed by atoms with Crippen LogP contribution in [0.3, 0.4) is 0 Å². The van der Waals surface area contributed by atoms with Crippen LogP contribution in [0.15, 0.2) is 5.38 Å². The highest BCUT2D eigenvalue weighted by atomic mass is 32.1. The molecule has 0 saturated heterocycles. The molecule has 1 aromatic rings. The minimum Gasteiger partial charge on any atom is -0.330 e. The van der Waals surface area contributed by atoms with E-state index in [9.17, 15) is 0 Å².